The highest BCUT2D eigenvalue weighted by molar-refractivity contribution is 7.80. The van der Waals surface area contributed by atoms with Crippen molar-refractivity contribution < 1.29 is 9.47 Å². The van der Waals surface area contributed by atoms with Crippen LogP contribution in [0.1, 0.15) is 143 Å². The van der Waals surface area contributed by atoms with Crippen LogP contribution in [-0.2, 0) is 9.47 Å². The van der Waals surface area contributed by atoms with Crippen LogP contribution >= 0.6 is 12.6 Å². The number of rotatable bonds is 24. The van der Waals surface area contributed by atoms with Gasteiger partial charge in [-0.05, 0) is 45.3 Å². The van der Waals surface area contributed by atoms with Crippen molar-refractivity contribution >= 4 is 12.6 Å². The zero-order valence-corrected chi connectivity index (χ0v) is 22.1. The molecule has 0 saturated heterocycles. The van der Waals surface area contributed by atoms with Gasteiger partial charge in [0.05, 0.1) is 0 Å². The molecule has 0 amide bonds. The fourth-order valence-electron chi connectivity index (χ4n) is 4.71. The second kappa shape index (κ2) is 22.5. The standard InChI is InChI=1S/C27H56O2S/c1-5-9-11-13-15-16-18-20-24-27(28-7-3,29-8-4)26(23-21-25-30)22-19-17-14-12-10-6-2/h26,30H,5-25H2,1-4H3. The molecule has 0 aromatic heterocycles. The summed E-state index contributed by atoms with van der Waals surface area (Å²) in [5.74, 6) is 1.08. The second-order valence-corrected chi connectivity index (χ2v) is 9.47. The molecule has 182 valence electrons. The molecular formula is C27H56O2S. The maximum atomic E-state index is 6.44. The molecular weight excluding hydrogens is 388 g/mol. The van der Waals surface area contributed by atoms with Crippen molar-refractivity contribution in [1.82, 2.24) is 0 Å². The van der Waals surface area contributed by atoms with Crippen molar-refractivity contribution in [3.63, 3.8) is 0 Å². The first kappa shape index (κ1) is 30.3. The van der Waals surface area contributed by atoms with Crippen LogP contribution in [0.3, 0.4) is 0 Å². The van der Waals surface area contributed by atoms with Gasteiger partial charge in [-0.25, -0.2) is 0 Å². The van der Waals surface area contributed by atoms with E-state index in [9.17, 15) is 0 Å². The second-order valence-electron chi connectivity index (χ2n) is 9.02. The lowest BCUT2D eigenvalue weighted by Crippen LogP contribution is -2.44. The lowest BCUT2D eigenvalue weighted by molar-refractivity contribution is -0.270. The van der Waals surface area contributed by atoms with Crippen molar-refractivity contribution in [2.45, 2.75) is 149 Å². The number of unbranched alkanes of at least 4 members (excludes halogenated alkanes) is 12. The fourth-order valence-corrected chi connectivity index (χ4v) is 4.90. The average Bonchev–Trinajstić information content (AvgIpc) is 2.74. The number of hydrogen-bond donors (Lipinski definition) is 1. The highest BCUT2D eigenvalue weighted by Crippen LogP contribution is 2.37. The Morgan fingerprint density at radius 1 is 0.567 bits per heavy atom. The summed E-state index contributed by atoms with van der Waals surface area (Å²) in [5.41, 5.74) is 0. The molecule has 0 heterocycles. The summed E-state index contributed by atoms with van der Waals surface area (Å²) in [4.78, 5) is 0. The SMILES string of the molecule is CCCCCCCCCCC(OCC)(OCC)C(CCCS)CCCCCCCC. The quantitative estimate of drug-likeness (QED) is 0.0907. The number of thiol groups is 1. The molecule has 0 saturated carbocycles. The summed E-state index contributed by atoms with van der Waals surface area (Å²) >= 11 is 4.49. The average molecular weight is 445 g/mol. The fraction of sp³-hybridized carbons (Fsp3) is 1.00. The maximum Gasteiger partial charge on any atom is 0.171 e. The minimum Gasteiger partial charge on any atom is -0.350 e. The van der Waals surface area contributed by atoms with Crippen LogP contribution in [0.5, 0.6) is 0 Å². The molecule has 0 radical (unpaired) electrons. The van der Waals surface area contributed by atoms with Gasteiger partial charge in [-0.1, -0.05) is 97.3 Å². The van der Waals surface area contributed by atoms with Crippen molar-refractivity contribution in [3.05, 3.63) is 0 Å². The summed E-state index contributed by atoms with van der Waals surface area (Å²) < 4.78 is 12.9. The number of hydrogen-bond acceptors (Lipinski definition) is 3. The van der Waals surface area contributed by atoms with E-state index in [1.807, 2.05) is 0 Å². The predicted octanol–water partition coefficient (Wildman–Crippen LogP) is 9.36. The van der Waals surface area contributed by atoms with Crippen LogP contribution in [0.15, 0.2) is 0 Å². The van der Waals surface area contributed by atoms with E-state index in [-0.39, 0.29) is 5.79 Å². The Kier molecular flexibility index (Phi) is 22.7. The molecule has 0 aromatic carbocycles. The summed E-state index contributed by atoms with van der Waals surface area (Å²) in [7, 11) is 0. The zero-order chi connectivity index (χ0) is 22.3. The molecule has 0 aromatic rings. The van der Waals surface area contributed by atoms with E-state index in [0.717, 1.165) is 31.8 Å². The van der Waals surface area contributed by atoms with Crippen molar-refractivity contribution in [2.24, 2.45) is 5.92 Å². The Morgan fingerprint density at radius 2 is 1.00 bits per heavy atom. The minimum absolute atomic E-state index is 0.377. The lowest BCUT2D eigenvalue weighted by atomic mass is 9.84. The molecule has 3 heteroatoms. The van der Waals surface area contributed by atoms with Gasteiger partial charge in [0, 0.05) is 25.6 Å². The van der Waals surface area contributed by atoms with Gasteiger partial charge in [0.25, 0.3) is 0 Å². The molecule has 0 aliphatic rings. The molecule has 0 bridgehead atoms. The van der Waals surface area contributed by atoms with Gasteiger partial charge in [0.1, 0.15) is 0 Å². The van der Waals surface area contributed by atoms with E-state index in [4.69, 9.17) is 9.47 Å². The van der Waals surface area contributed by atoms with Crippen LogP contribution < -0.4 is 0 Å². The molecule has 1 atom stereocenters. The summed E-state index contributed by atoms with van der Waals surface area (Å²) in [5, 5.41) is 0. The van der Waals surface area contributed by atoms with E-state index in [1.54, 1.807) is 0 Å². The summed E-state index contributed by atoms with van der Waals surface area (Å²) in [6, 6.07) is 0. The normalized spacial score (nSPS) is 13.1. The zero-order valence-electron chi connectivity index (χ0n) is 21.2. The van der Waals surface area contributed by atoms with Gasteiger partial charge in [-0.3, -0.25) is 0 Å². The van der Waals surface area contributed by atoms with Crippen LogP contribution in [0.4, 0.5) is 0 Å². The van der Waals surface area contributed by atoms with E-state index < -0.39 is 0 Å². The van der Waals surface area contributed by atoms with Gasteiger partial charge in [0.15, 0.2) is 5.79 Å². The Labute approximate surface area is 196 Å². The van der Waals surface area contributed by atoms with Crippen molar-refractivity contribution in [2.75, 3.05) is 19.0 Å². The van der Waals surface area contributed by atoms with Crippen LogP contribution in [-0.4, -0.2) is 24.8 Å². The van der Waals surface area contributed by atoms with Gasteiger partial charge >= 0.3 is 0 Å². The molecule has 0 aliphatic carbocycles. The third kappa shape index (κ3) is 15.1. The Morgan fingerprint density at radius 3 is 1.47 bits per heavy atom. The van der Waals surface area contributed by atoms with Gasteiger partial charge in [-0.2, -0.15) is 12.6 Å². The topological polar surface area (TPSA) is 18.5 Å². The minimum atomic E-state index is -0.377. The van der Waals surface area contributed by atoms with Gasteiger partial charge in [-0.15, -0.1) is 0 Å². The van der Waals surface area contributed by atoms with E-state index >= 15 is 0 Å². The summed E-state index contributed by atoms with van der Waals surface area (Å²) in [6.45, 7) is 10.3. The van der Waals surface area contributed by atoms with E-state index in [0.29, 0.717) is 5.92 Å². The van der Waals surface area contributed by atoms with E-state index in [2.05, 4.69) is 40.3 Å². The smallest absolute Gasteiger partial charge is 0.171 e. The number of ether oxygens (including phenoxy) is 2. The van der Waals surface area contributed by atoms with Crippen LogP contribution in [0.2, 0.25) is 0 Å². The van der Waals surface area contributed by atoms with Crippen molar-refractivity contribution in [3.8, 4) is 0 Å². The van der Waals surface area contributed by atoms with Gasteiger partial charge < -0.3 is 9.47 Å². The van der Waals surface area contributed by atoms with Crippen molar-refractivity contribution in [1.29, 1.82) is 0 Å². The first-order valence-electron chi connectivity index (χ1n) is 13.6. The largest absolute Gasteiger partial charge is 0.350 e. The highest BCUT2D eigenvalue weighted by atomic mass is 32.1. The molecule has 0 fully saturated rings. The third-order valence-electron chi connectivity index (χ3n) is 6.39. The van der Waals surface area contributed by atoms with Crippen LogP contribution in [0, 0.1) is 5.92 Å². The first-order valence-corrected chi connectivity index (χ1v) is 14.2. The third-order valence-corrected chi connectivity index (χ3v) is 6.71. The van der Waals surface area contributed by atoms with E-state index in [1.165, 1.54) is 103 Å². The molecule has 0 spiro atoms. The molecule has 1 unspecified atom stereocenters. The summed E-state index contributed by atoms with van der Waals surface area (Å²) in [6.07, 6.45) is 23.5. The van der Waals surface area contributed by atoms with Crippen LogP contribution in [0.25, 0.3) is 0 Å². The Balaban J connectivity index is 4.72. The monoisotopic (exact) mass is 444 g/mol. The molecule has 30 heavy (non-hydrogen) atoms. The molecule has 0 N–H and O–H groups in total. The Hall–Kier alpha value is 0.270. The maximum absolute atomic E-state index is 6.44. The van der Waals surface area contributed by atoms with Gasteiger partial charge in [0.2, 0.25) is 0 Å². The highest BCUT2D eigenvalue weighted by Gasteiger charge is 2.39. The molecule has 0 aliphatic heterocycles. The molecule has 2 nitrogen and oxygen atoms in total. The predicted molar refractivity (Wildman–Crippen MR) is 138 cm³/mol. The Bertz CT molecular complexity index is 329. The first-order chi connectivity index (χ1) is 14.7. The molecule has 0 rings (SSSR count). The lowest BCUT2D eigenvalue weighted by Gasteiger charge is -2.41.